The molecule has 0 spiro atoms. The first-order chi connectivity index (χ1) is 15.0. The van der Waals surface area contributed by atoms with E-state index in [9.17, 15) is 4.39 Å². The molecule has 178 valence electrons. The van der Waals surface area contributed by atoms with E-state index in [1.165, 1.54) is 6.07 Å². The van der Waals surface area contributed by atoms with Crippen LogP contribution < -0.4 is 15.4 Å². The van der Waals surface area contributed by atoms with E-state index in [1.54, 1.807) is 13.2 Å². The average Bonchev–Trinajstić information content (AvgIpc) is 2.77. The normalized spacial score (nSPS) is 11.2. The minimum Gasteiger partial charge on any atom is -0.497 e. The maximum atomic E-state index is 14.1. The third-order valence-electron chi connectivity index (χ3n) is 4.60. The Morgan fingerprint density at radius 2 is 1.78 bits per heavy atom. The minimum absolute atomic E-state index is 0. The molecule has 0 bridgehead atoms. The molecule has 8 heteroatoms. The molecule has 2 rings (SSSR count). The molecule has 0 aliphatic heterocycles. The van der Waals surface area contributed by atoms with Crippen molar-refractivity contribution in [2.24, 2.45) is 4.99 Å². The molecule has 0 saturated heterocycles. The Bertz CT molecular complexity index is 816. The van der Waals surface area contributed by atoms with Crippen molar-refractivity contribution in [3.8, 4) is 5.75 Å². The van der Waals surface area contributed by atoms with Crippen LogP contribution in [0.25, 0.3) is 0 Å². The molecule has 32 heavy (non-hydrogen) atoms. The van der Waals surface area contributed by atoms with Gasteiger partial charge >= 0.3 is 0 Å². The molecule has 2 N–H and O–H groups in total. The van der Waals surface area contributed by atoms with Crippen LogP contribution >= 0.6 is 24.0 Å². The largest absolute Gasteiger partial charge is 0.497 e. The predicted octanol–water partition coefficient (Wildman–Crippen LogP) is 4.18. The highest BCUT2D eigenvalue weighted by atomic mass is 127. The number of halogens is 2. The molecular weight excluding hydrogens is 522 g/mol. The second kappa shape index (κ2) is 15.8. The number of ether oxygens (including phenoxy) is 2. The van der Waals surface area contributed by atoms with E-state index in [0.29, 0.717) is 37.8 Å². The van der Waals surface area contributed by atoms with Gasteiger partial charge in [0.25, 0.3) is 0 Å². The van der Waals surface area contributed by atoms with Crippen LogP contribution in [0.5, 0.6) is 5.75 Å². The second-order valence-corrected chi connectivity index (χ2v) is 7.51. The smallest absolute Gasteiger partial charge is 0.191 e. The summed E-state index contributed by atoms with van der Waals surface area (Å²) in [6.45, 7) is 5.83. The Hall–Kier alpha value is -1.91. The third kappa shape index (κ3) is 10.6. The van der Waals surface area contributed by atoms with Crippen LogP contribution in [0.2, 0.25) is 0 Å². The lowest BCUT2D eigenvalue weighted by Gasteiger charge is -2.14. The molecule has 0 aromatic heterocycles. The van der Waals surface area contributed by atoms with E-state index in [2.05, 4.69) is 10.6 Å². The maximum absolute atomic E-state index is 14.1. The van der Waals surface area contributed by atoms with Crippen LogP contribution in [0.1, 0.15) is 30.0 Å². The van der Waals surface area contributed by atoms with Gasteiger partial charge in [-0.3, -0.25) is 0 Å². The molecule has 2 aromatic carbocycles. The van der Waals surface area contributed by atoms with Crippen molar-refractivity contribution >= 4 is 29.9 Å². The molecule has 0 unspecified atom stereocenters. The van der Waals surface area contributed by atoms with Gasteiger partial charge in [-0.15, -0.1) is 24.0 Å². The summed E-state index contributed by atoms with van der Waals surface area (Å²) in [5, 5.41) is 6.72. The van der Waals surface area contributed by atoms with Gasteiger partial charge in [0.05, 0.1) is 13.7 Å². The van der Waals surface area contributed by atoms with Gasteiger partial charge in [0.1, 0.15) is 11.6 Å². The second-order valence-electron chi connectivity index (χ2n) is 7.51. The third-order valence-corrected chi connectivity index (χ3v) is 4.60. The van der Waals surface area contributed by atoms with Crippen molar-refractivity contribution < 1.29 is 13.9 Å². The van der Waals surface area contributed by atoms with E-state index < -0.39 is 0 Å². The first kappa shape index (κ1) is 28.1. The summed E-state index contributed by atoms with van der Waals surface area (Å²) in [6, 6.07) is 13.1. The molecule has 2 aromatic rings. The van der Waals surface area contributed by atoms with Gasteiger partial charge in [0.15, 0.2) is 5.96 Å². The summed E-state index contributed by atoms with van der Waals surface area (Å²) in [4.78, 5) is 6.65. The Balaban J connectivity index is 0.00000512. The van der Waals surface area contributed by atoms with Gasteiger partial charge in [0, 0.05) is 38.4 Å². The molecule has 0 saturated carbocycles. The van der Waals surface area contributed by atoms with Crippen molar-refractivity contribution in [1.82, 2.24) is 15.5 Å². The SMILES string of the molecule is CCOCCCNC(=NCc1ccc(F)c(CN(C)C)c1)NCc1ccc(OC)cc1.I. The first-order valence-corrected chi connectivity index (χ1v) is 10.7. The van der Waals surface area contributed by atoms with Gasteiger partial charge in [-0.1, -0.05) is 18.2 Å². The van der Waals surface area contributed by atoms with Crippen LogP contribution in [0.3, 0.4) is 0 Å². The molecule has 0 amide bonds. The topological polar surface area (TPSA) is 58.1 Å². The number of rotatable bonds is 12. The van der Waals surface area contributed by atoms with Crippen LogP contribution in [-0.4, -0.2) is 51.8 Å². The fourth-order valence-corrected chi connectivity index (χ4v) is 2.99. The zero-order chi connectivity index (χ0) is 22.5. The Morgan fingerprint density at radius 3 is 2.44 bits per heavy atom. The number of nitrogens with zero attached hydrogens (tertiary/aromatic N) is 2. The van der Waals surface area contributed by atoms with E-state index in [4.69, 9.17) is 14.5 Å². The number of benzene rings is 2. The van der Waals surface area contributed by atoms with Crippen molar-refractivity contribution in [2.45, 2.75) is 33.0 Å². The molecule has 0 heterocycles. The summed E-state index contributed by atoms with van der Waals surface area (Å²) in [5.74, 6) is 1.36. The van der Waals surface area contributed by atoms with Crippen molar-refractivity contribution in [3.05, 3.63) is 65.0 Å². The van der Waals surface area contributed by atoms with Gasteiger partial charge in [-0.2, -0.15) is 0 Å². The quantitative estimate of drug-likeness (QED) is 0.177. The average molecular weight is 558 g/mol. The zero-order valence-electron chi connectivity index (χ0n) is 19.5. The fourth-order valence-electron chi connectivity index (χ4n) is 2.99. The monoisotopic (exact) mass is 558 g/mol. The van der Waals surface area contributed by atoms with E-state index in [-0.39, 0.29) is 29.8 Å². The number of hydrogen-bond acceptors (Lipinski definition) is 4. The molecule has 6 nitrogen and oxygen atoms in total. The van der Waals surface area contributed by atoms with Gasteiger partial charge in [-0.25, -0.2) is 9.38 Å². The lowest BCUT2D eigenvalue weighted by molar-refractivity contribution is 0.145. The molecule has 0 radical (unpaired) electrons. The number of hydrogen-bond donors (Lipinski definition) is 2. The Kier molecular flexibility index (Phi) is 13.9. The summed E-state index contributed by atoms with van der Waals surface area (Å²) >= 11 is 0. The van der Waals surface area contributed by atoms with Gasteiger partial charge in [0.2, 0.25) is 0 Å². The standard InChI is InChI=1S/C24H35FN4O2.HI/c1-5-31-14-6-13-26-24(27-16-19-7-10-22(30-4)11-8-19)28-17-20-9-12-23(25)21(15-20)18-29(2)3;/h7-12,15H,5-6,13-14,16-18H2,1-4H3,(H2,26,27,28);1H. The predicted molar refractivity (Wildman–Crippen MR) is 139 cm³/mol. The number of nitrogens with one attached hydrogen (secondary N) is 2. The Morgan fingerprint density at radius 1 is 1.06 bits per heavy atom. The van der Waals surface area contributed by atoms with Gasteiger partial charge < -0.3 is 25.0 Å². The first-order valence-electron chi connectivity index (χ1n) is 10.7. The van der Waals surface area contributed by atoms with Crippen molar-refractivity contribution in [3.63, 3.8) is 0 Å². The molecule has 0 aliphatic rings. The summed E-state index contributed by atoms with van der Waals surface area (Å²) in [7, 11) is 5.51. The number of guanidine groups is 1. The molecular formula is C24H36FIN4O2. The number of methoxy groups -OCH3 is 1. The zero-order valence-corrected chi connectivity index (χ0v) is 21.8. The van der Waals surface area contributed by atoms with Gasteiger partial charge in [-0.05, 0) is 62.8 Å². The fraction of sp³-hybridized carbons (Fsp3) is 0.458. The van der Waals surface area contributed by atoms with Crippen LogP contribution in [0.15, 0.2) is 47.5 Å². The molecule has 0 fully saturated rings. The molecule has 0 atom stereocenters. The lowest BCUT2D eigenvalue weighted by Crippen LogP contribution is -2.37. The van der Waals surface area contributed by atoms with E-state index in [1.807, 2.05) is 56.3 Å². The van der Waals surface area contributed by atoms with Crippen LogP contribution in [0, 0.1) is 5.82 Å². The minimum atomic E-state index is -0.187. The van der Waals surface area contributed by atoms with Crippen molar-refractivity contribution in [1.29, 1.82) is 0 Å². The summed E-state index contributed by atoms with van der Waals surface area (Å²) in [5.41, 5.74) is 2.77. The van der Waals surface area contributed by atoms with E-state index >= 15 is 0 Å². The number of aliphatic imine (C=N–C) groups is 1. The summed E-state index contributed by atoms with van der Waals surface area (Å²) < 4.78 is 24.7. The highest BCUT2D eigenvalue weighted by Crippen LogP contribution is 2.13. The lowest BCUT2D eigenvalue weighted by atomic mass is 10.1. The molecule has 0 aliphatic carbocycles. The van der Waals surface area contributed by atoms with E-state index in [0.717, 1.165) is 36.4 Å². The Labute approximate surface area is 208 Å². The summed E-state index contributed by atoms with van der Waals surface area (Å²) in [6.07, 6.45) is 0.889. The maximum Gasteiger partial charge on any atom is 0.191 e. The van der Waals surface area contributed by atoms with Crippen LogP contribution in [-0.2, 0) is 24.4 Å². The highest BCUT2D eigenvalue weighted by molar-refractivity contribution is 14.0. The van der Waals surface area contributed by atoms with Crippen molar-refractivity contribution in [2.75, 3.05) is 41.0 Å². The van der Waals surface area contributed by atoms with Crippen LogP contribution in [0.4, 0.5) is 4.39 Å². The highest BCUT2D eigenvalue weighted by Gasteiger charge is 2.06.